The van der Waals surface area contributed by atoms with Gasteiger partial charge in [0.25, 0.3) is 5.91 Å². The Kier molecular flexibility index (Phi) is 6.09. The van der Waals surface area contributed by atoms with Crippen LogP contribution in [0.3, 0.4) is 0 Å². The topological polar surface area (TPSA) is 114 Å². The van der Waals surface area contributed by atoms with Crippen LogP contribution < -0.4 is 10.6 Å². The molecule has 0 saturated carbocycles. The number of amides is 4. The number of rotatable bonds is 8. The summed E-state index contributed by atoms with van der Waals surface area (Å²) in [4.78, 5) is 37.7. The van der Waals surface area contributed by atoms with Gasteiger partial charge in [-0.2, -0.15) is 0 Å². The van der Waals surface area contributed by atoms with Gasteiger partial charge in [-0.15, -0.1) is 10.2 Å². The molecule has 0 spiro atoms. The number of benzene rings is 1. The lowest BCUT2D eigenvalue weighted by atomic mass is 10.1. The van der Waals surface area contributed by atoms with Crippen LogP contribution in [0.5, 0.6) is 0 Å². The standard InChI is InChI=1S/C17H19N5O4S/c1-26-10-14-20-21-16(27-14)19-13(23)8-7-12-15(24)22(17(25)18-12)9-11-5-3-2-4-6-11/h2-6,12H,7-10H2,1H3,(H,18,25)(H,19,21,23). The fourth-order valence-corrected chi connectivity index (χ4v) is 3.36. The predicted octanol–water partition coefficient (Wildman–Crippen LogP) is 1.52. The van der Waals surface area contributed by atoms with Gasteiger partial charge in [0.05, 0.1) is 6.54 Å². The van der Waals surface area contributed by atoms with Crippen LogP contribution in [0.25, 0.3) is 0 Å². The van der Waals surface area contributed by atoms with E-state index in [4.69, 9.17) is 4.74 Å². The summed E-state index contributed by atoms with van der Waals surface area (Å²) in [5, 5.41) is 14.0. The number of hydrogen-bond donors (Lipinski definition) is 2. The highest BCUT2D eigenvalue weighted by molar-refractivity contribution is 7.15. The van der Waals surface area contributed by atoms with Crippen molar-refractivity contribution in [3.8, 4) is 0 Å². The molecule has 1 aliphatic heterocycles. The van der Waals surface area contributed by atoms with Crippen molar-refractivity contribution in [1.82, 2.24) is 20.4 Å². The Hall–Kier alpha value is -2.85. The van der Waals surface area contributed by atoms with Crippen LogP contribution in [-0.4, -0.2) is 46.1 Å². The van der Waals surface area contributed by atoms with Crippen LogP contribution in [0.1, 0.15) is 23.4 Å². The lowest BCUT2D eigenvalue weighted by Gasteiger charge is -2.12. The summed E-state index contributed by atoms with van der Waals surface area (Å²) in [6.07, 6.45) is 0.292. The highest BCUT2D eigenvalue weighted by atomic mass is 32.1. The molecule has 2 aromatic rings. The molecular formula is C17H19N5O4S. The molecule has 1 saturated heterocycles. The number of hydrogen-bond acceptors (Lipinski definition) is 7. The quantitative estimate of drug-likeness (QED) is 0.662. The van der Waals surface area contributed by atoms with E-state index in [0.717, 1.165) is 5.56 Å². The molecule has 1 aromatic heterocycles. The third kappa shape index (κ3) is 4.86. The summed E-state index contributed by atoms with van der Waals surface area (Å²) in [7, 11) is 1.55. The summed E-state index contributed by atoms with van der Waals surface area (Å²) >= 11 is 1.22. The molecule has 9 nitrogen and oxygen atoms in total. The molecular weight excluding hydrogens is 370 g/mol. The number of methoxy groups -OCH3 is 1. The highest BCUT2D eigenvalue weighted by Crippen LogP contribution is 2.18. The minimum absolute atomic E-state index is 0.0784. The van der Waals surface area contributed by atoms with Gasteiger partial charge in [0.1, 0.15) is 17.7 Å². The number of anilines is 1. The summed E-state index contributed by atoms with van der Waals surface area (Å²) in [5.41, 5.74) is 0.863. The first kappa shape index (κ1) is 18.9. The van der Waals surface area contributed by atoms with E-state index in [0.29, 0.717) is 16.7 Å². The van der Waals surface area contributed by atoms with Crippen LogP contribution in [0, 0.1) is 0 Å². The number of urea groups is 1. The summed E-state index contributed by atoms with van der Waals surface area (Å²) < 4.78 is 4.95. The molecule has 1 aromatic carbocycles. The number of ether oxygens (including phenoxy) is 1. The third-order valence-electron chi connectivity index (χ3n) is 3.93. The number of nitrogens with zero attached hydrogens (tertiary/aromatic N) is 3. The predicted molar refractivity (Wildman–Crippen MR) is 97.8 cm³/mol. The van der Waals surface area contributed by atoms with Gasteiger partial charge < -0.3 is 15.4 Å². The maximum Gasteiger partial charge on any atom is 0.325 e. The van der Waals surface area contributed by atoms with Crippen LogP contribution in [0.4, 0.5) is 9.93 Å². The van der Waals surface area contributed by atoms with Crippen molar-refractivity contribution >= 4 is 34.3 Å². The van der Waals surface area contributed by atoms with E-state index in [1.165, 1.54) is 16.2 Å². The second-order valence-electron chi connectivity index (χ2n) is 5.93. The Bertz CT molecular complexity index is 826. The largest absolute Gasteiger partial charge is 0.377 e. The number of carbonyl (C=O) groups is 3. The van der Waals surface area contributed by atoms with E-state index >= 15 is 0 Å². The molecule has 4 amide bonds. The Morgan fingerprint density at radius 3 is 2.81 bits per heavy atom. The SMILES string of the molecule is COCc1nnc(NC(=O)CCC2NC(=O)N(Cc3ccccc3)C2=O)s1. The first-order valence-electron chi connectivity index (χ1n) is 8.34. The van der Waals surface area contributed by atoms with Crippen molar-refractivity contribution in [2.75, 3.05) is 12.4 Å². The molecule has 142 valence electrons. The lowest BCUT2D eigenvalue weighted by molar-refractivity contribution is -0.128. The van der Waals surface area contributed by atoms with Crippen molar-refractivity contribution in [1.29, 1.82) is 0 Å². The molecule has 0 radical (unpaired) electrons. The van der Waals surface area contributed by atoms with Gasteiger partial charge in [0.15, 0.2) is 0 Å². The second-order valence-corrected chi connectivity index (χ2v) is 6.99. The zero-order chi connectivity index (χ0) is 19.2. The fraction of sp³-hybridized carbons (Fsp3) is 0.353. The van der Waals surface area contributed by atoms with Crippen molar-refractivity contribution in [3.05, 3.63) is 40.9 Å². The van der Waals surface area contributed by atoms with Crippen LogP contribution in [0.15, 0.2) is 30.3 Å². The van der Waals surface area contributed by atoms with Gasteiger partial charge in [-0.05, 0) is 12.0 Å². The Labute approximate surface area is 159 Å². The van der Waals surface area contributed by atoms with Gasteiger partial charge >= 0.3 is 6.03 Å². The first-order valence-corrected chi connectivity index (χ1v) is 9.15. The molecule has 1 atom stereocenters. The van der Waals surface area contributed by atoms with E-state index < -0.39 is 12.1 Å². The molecule has 1 aliphatic rings. The average Bonchev–Trinajstić information content (AvgIpc) is 3.20. The number of imide groups is 1. The first-order chi connectivity index (χ1) is 13.1. The van der Waals surface area contributed by atoms with E-state index in [1.54, 1.807) is 7.11 Å². The van der Waals surface area contributed by atoms with Crippen LogP contribution >= 0.6 is 11.3 Å². The molecule has 0 bridgehead atoms. The minimum atomic E-state index is -0.703. The minimum Gasteiger partial charge on any atom is -0.377 e. The molecule has 0 aliphatic carbocycles. The molecule has 3 rings (SSSR count). The maximum atomic E-state index is 12.4. The van der Waals surface area contributed by atoms with E-state index in [2.05, 4.69) is 20.8 Å². The van der Waals surface area contributed by atoms with Crippen LogP contribution in [-0.2, 0) is 27.5 Å². The summed E-state index contributed by atoms with van der Waals surface area (Å²) in [5.74, 6) is -0.617. The summed E-state index contributed by atoms with van der Waals surface area (Å²) in [6.45, 7) is 0.536. The van der Waals surface area contributed by atoms with Crippen molar-refractivity contribution in [2.24, 2.45) is 0 Å². The van der Waals surface area contributed by atoms with E-state index in [9.17, 15) is 14.4 Å². The molecule has 27 heavy (non-hydrogen) atoms. The highest BCUT2D eigenvalue weighted by Gasteiger charge is 2.37. The van der Waals surface area contributed by atoms with Crippen molar-refractivity contribution in [3.63, 3.8) is 0 Å². The average molecular weight is 389 g/mol. The van der Waals surface area contributed by atoms with Gasteiger partial charge in [-0.25, -0.2) is 4.79 Å². The normalized spacial score (nSPS) is 16.5. The molecule has 2 heterocycles. The summed E-state index contributed by atoms with van der Waals surface area (Å²) in [6, 6.07) is 8.12. The fourth-order valence-electron chi connectivity index (χ4n) is 2.63. The van der Waals surface area contributed by atoms with Gasteiger partial charge in [0, 0.05) is 13.5 Å². The van der Waals surface area contributed by atoms with Gasteiger partial charge in [-0.1, -0.05) is 41.7 Å². The molecule has 2 N–H and O–H groups in total. The number of nitrogens with one attached hydrogen (secondary N) is 2. The van der Waals surface area contributed by atoms with E-state index in [-0.39, 0.29) is 31.2 Å². The van der Waals surface area contributed by atoms with Gasteiger partial charge in [-0.3, -0.25) is 14.5 Å². The Balaban J connectivity index is 1.49. The van der Waals surface area contributed by atoms with Crippen molar-refractivity contribution in [2.45, 2.75) is 32.0 Å². The number of aromatic nitrogens is 2. The third-order valence-corrected chi connectivity index (χ3v) is 4.74. The smallest absolute Gasteiger partial charge is 0.325 e. The lowest BCUT2D eigenvalue weighted by Crippen LogP contribution is -2.31. The van der Waals surface area contributed by atoms with Crippen molar-refractivity contribution < 1.29 is 19.1 Å². The molecule has 1 fully saturated rings. The Morgan fingerprint density at radius 1 is 1.30 bits per heavy atom. The monoisotopic (exact) mass is 389 g/mol. The maximum absolute atomic E-state index is 12.4. The molecule has 10 heteroatoms. The zero-order valence-corrected chi connectivity index (χ0v) is 15.5. The van der Waals surface area contributed by atoms with Gasteiger partial charge in [0.2, 0.25) is 11.0 Å². The Morgan fingerprint density at radius 2 is 2.07 bits per heavy atom. The second kappa shape index (κ2) is 8.69. The number of carbonyl (C=O) groups excluding carboxylic acids is 3. The van der Waals surface area contributed by atoms with Crippen LogP contribution in [0.2, 0.25) is 0 Å². The van der Waals surface area contributed by atoms with E-state index in [1.807, 2.05) is 30.3 Å². The zero-order valence-electron chi connectivity index (χ0n) is 14.7. The molecule has 1 unspecified atom stereocenters.